The second kappa shape index (κ2) is 3.52. The molecule has 0 aliphatic carbocycles. The zero-order chi connectivity index (χ0) is 11.9. The van der Waals surface area contributed by atoms with E-state index in [1.165, 1.54) is 7.11 Å². The molecule has 0 unspecified atom stereocenters. The first-order valence-electron chi connectivity index (χ1n) is 4.90. The minimum absolute atomic E-state index is 0.0177. The SMILES string of the molecule is COc1c(C(C)(C)N)cc2c(c1F)OCO2. The molecule has 0 spiro atoms. The molecule has 2 N–H and O–H groups in total. The Kier molecular flexibility index (Phi) is 2.42. The van der Waals surface area contributed by atoms with Crippen molar-refractivity contribution >= 4 is 0 Å². The second-order valence-electron chi connectivity index (χ2n) is 4.23. The maximum absolute atomic E-state index is 14.0. The van der Waals surface area contributed by atoms with E-state index in [4.69, 9.17) is 19.9 Å². The van der Waals surface area contributed by atoms with Gasteiger partial charge in [-0.05, 0) is 19.9 Å². The molecule has 2 rings (SSSR count). The molecular weight excluding hydrogens is 213 g/mol. The summed E-state index contributed by atoms with van der Waals surface area (Å²) in [5.74, 6) is -0.000509. The molecule has 16 heavy (non-hydrogen) atoms. The number of nitrogens with two attached hydrogens (primary N) is 1. The van der Waals surface area contributed by atoms with Crippen molar-refractivity contribution in [3.63, 3.8) is 0 Å². The van der Waals surface area contributed by atoms with Crippen LogP contribution in [0.15, 0.2) is 6.07 Å². The molecule has 4 nitrogen and oxygen atoms in total. The van der Waals surface area contributed by atoms with Gasteiger partial charge in [-0.3, -0.25) is 0 Å². The maximum atomic E-state index is 14.0. The van der Waals surface area contributed by atoms with Gasteiger partial charge in [-0.2, -0.15) is 4.39 Å². The zero-order valence-electron chi connectivity index (χ0n) is 9.46. The Hall–Kier alpha value is -1.49. The van der Waals surface area contributed by atoms with Crippen molar-refractivity contribution in [2.24, 2.45) is 5.73 Å². The first-order chi connectivity index (χ1) is 7.45. The van der Waals surface area contributed by atoms with Crippen LogP contribution < -0.4 is 19.9 Å². The average Bonchev–Trinajstić information content (AvgIpc) is 2.64. The van der Waals surface area contributed by atoms with E-state index in [1.807, 2.05) is 0 Å². The number of hydrogen-bond donors (Lipinski definition) is 1. The minimum atomic E-state index is -0.715. The zero-order valence-corrected chi connectivity index (χ0v) is 9.46. The molecular formula is C11H14FNO3. The van der Waals surface area contributed by atoms with Gasteiger partial charge in [0, 0.05) is 11.1 Å². The lowest BCUT2D eigenvalue weighted by Gasteiger charge is -2.22. The fourth-order valence-electron chi connectivity index (χ4n) is 1.66. The molecule has 1 aromatic rings. The summed E-state index contributed by atoms with van der Waals surface area (Å²) in [6.45, 7) is 3.56. The highest BCUT2D eigenvalue weighted by atomic mass is 19.1. The van der Waals surface area contributed by atoms with Crippen LogP contribution in [0.25, 0.3) is 0 Å². The van der Waals surface area contributed by atoms with E-state index < -0.39 is 11.4 Å². The van der Waals surface area contributed by atoms with Crippen LogP contribution in [0.3, 0.4) is 0 Å². The molecule has 1 aromatic carbocycles. The van der Waals surface area contributed by atoms with E-state index >= 15 is 0 Å². The van der Waals surface area contributed by atoms with Crippen LogP contribution in [0.2, 0.25) is 0 Å². The lowest BCUT2D eigenvalue weighted by molar-refractivity contribution is 0.170. The Bertz CT molecular complexity index is 426. The summed E-state index contributed by atoms with van der Waals surface area (Å²) < 4.78 is 29.2. The predicted molar refractivity (Wildman–Crippen MR) is 56.3 cm³/mol. The van der Waals surface area contributed by atoms with Crippen molar-refractivity contribution in [2.45, 2.75) is 19.4 Å². The molecule has 0 atom stereocenters. The third-order valence-electron chi connectivity index (χ3n) is 2.46. The summed E-state index contributed by atoms with van der Waals surface area (Å²) in [6.07, 6.45) is 0. The molecule has 88 valence electrons. The van der Waals surface area contributed by atoms with E-state index in [1.54, 1.807) is 19.9 Å². The summed E-state index contributed by atoms with van der Waals surface area (Å²) in [6, 6.07) is 1.66. The van der Waals surface area contributed by atoms with Crippen LogP contribution in [0.5, 0.6) is 17.2 Å². The van der Waals surface area contributed by atoms with Crippen molar-refractivity contribution in [1.82, 2.24) is 0 Å². The second-order valence-corrected chi connectivity index (χ2v) is 4.23. The van der Waals surface area contributed by atoms with E-state index in [2.05, 4.69) is 0 Å². The Morgan fingerprint density at radius 2 is 2.12 bits per heavy atom. The van der Waals surface area contributed by atoms with Gasteiger partial charge in [0.1, 0.15) is 0 Å². The number of halogens is 1. The first kappa shape index (κ1) is 11.0. The number of methoxy groups -OCH3 is 1. The average molecular weight is 227 g/mol. The number of hydrogen-bond acceptors (Lipinski definition) is 4. The third kappa shape index (κ3) is 1.57. The van der Waals surface area contributed by atoms with Gasteiger partial charge >= 0.3 is 0 Å². The molecule has 1 heterocycles. The first-order valence-corrected chi connectivity index (χ1v) is 4.90. The Balaban J connectivity index is 2.66. The van der Waals surface area contributed by atoms with Crippen molar-refractivity contribution in [3.05, 3.63) is 17.4 Å². The van der Waals surface area contributed by atoms with Gasteiger partial charge in [0.05, 0.1) is 7.11 Å². The molecule has 0 amide bonds. The molecule has 0 aromatic heterocycles. The lowest BCUT2D eigenvalue weighted by atomic mass is 9.94. The number of ether oxygens (including phenoxy) is 3. The van der Waals surface area contributed by atoms with Gasteiger partial charge in [-0.1, -0.05) is 0 Å². The van der Waals surface area contributed by atoms with Crippen LogP contribution in [-0.4, -0.2) is 13.9 Å². The van der Waals surface area contributed by atoms with Gasteiger partial charge in [0.25, 0.3) is 0 Å². The number of rotatable bonds is 2. The third-order valence-corrected chi connectivity index (χ3v) is 2.46. The Morgan fingerprint density at radius 1 is 1.44 bits per heavy atom. The predicted octanol–water partition coefficient (Wildman–Crippen LogP) is 1.76. The van der Waals surface area contributed by atoms with E-state index in [0.29, 0.717) is 11.3 Å². The van der Waals surface area contributed by atoms with Gasteiger partial charge < -0.3 is 19.9 Å². The summed E-state index contributed by atoms with van der Waals surface area (Å²) in [4.78, 5) is 0. The number of benzene rings is 1. The fraction of sp³-hybridized carbons (Fsp3) is 0.455. The summed E-state index contributed by atoms with van der Waals surface area (Å²) in [5, 5.41) is 0. The molecule has 1 aliphatic rings. The Labute approximate surface area is 93.1 Å². The number of fused-ring (bicyclic) bond motifs is 1. The summed E-state index contributed by atoms with van der Waals surface area (Å²) >= 11 is 0. The Morgan fingerprint density at radius 3 is 2.69 bits per heavy atom. The smallest absolute Gasteiger partial charge is 0.231 e. The molecule has 0 saturated carbocycles. The molecule has 1 aliphatic heterocycles. The fourth-order valence-corrected chi connectivity index (χ4v) is 1.66. The van der Waals surface area contributed by atoms with E-state index in [0.717, 1.165) is 0 Å². The molecule has 5 heteroatoms. The van der Waals surface area contributed by atoms with Crippen LogP contribution in [0.1, 0.15) is 19.4 Å². The lowest BCUT2D eigenvalue weighted by Crippen LogP contribution is -2.29. The normalized spacial score (nSPS) is 14.1. The quantitative estimate of drug-likeness (QED) is 0.836. The van der Waals surface area contributed by atoms with Gasteiger partial charge in [-0.15, -0.1) is 0 Å². The highest BCUT2D eigenvalue weighted by Crippen LogP contribution is 2.44. The molecule has 0 saturated heterocycles. The molecule has 0 fully saturated rings. The standard InChI is InChI=1S/C11H14FNO3/c1-11(2,13)6-4-7-10(16-5-15-7)8(12)9(6)14-3/h4H,5,13H2,1-3H3. The van der Waals surface area contributed by atoms with Crippen molar-refractivity contribution in [1.29, 1.82) is 0 Å². The van der Waals surface area contributed by atoms with Crippen molar-refractivity contribution in [3.8, 4) is 17.2 Å². The summed E-state index contributed by atoms with van der Waals surface area (Å²) in [5.41, 5.74) is 5.79. The molecule has 0 bridgehead atoms. The topological polar surface area (TPSA) is 53.7 Å². The van der Waals surface area contributed by atoms with E-state index in [-0.39, 0.29) is 18.3 Å². The monoisotopic (exact) mass is 227 g/mol. The van der Waals surface area contributed by atoms with Crippen LogP contribution in [0.4, 0.5) is 4.39 Å². The van der Waals surface area contributed by atoms with Crippen LogP contribution in [0, 0.1) is 5.82 Å². The largest absolute Gasteiger partial charge is 0.493 e. The van der Waals surface area contributed by atoms with Gasteiger partial charge in [-0.25, -0.2) is 0 Å². The van der Waals surface area contributed by atoms with Crippen LogP contribution in [-0.2, 0) is 5.54 Å². The minimum Gasteiger partial charge on any atom is -0.493 e. The van der Waals surface area contributed by atoms with Gasteiger partial charge in [0.2, 0.25) is 18.4 Å². The molecule has 0 radical (unpaired) electrons. The summed E-state index contributed by atoms with van der Waals surface area (Å²) in [7, 11) is 1.40. The van der Waals surface area contributed by atoms with E-state index in [9.17, 15) is 4.39 Å². The highest BCUT2D eigenvalue weighted by molar-refractivity contribution is 5.55. The van der Waals surface area contributed by atoms with Gasteiger partial charge in [0.15, 0.2) is 11.5 Å². The maximum Gasteiger partial charge on any atom is 0.231 e. The highest BCUT2D eigenvalue weighted by Gasteiger charge is 2.30. The van der Waals surface area contributed by atoms with Crippen LogP contribution >= 0.6 is 0 Å². The van der Waals surface area contributed by atoms with Crippen molar-refractivity contribution < 1.29 is 18.6 Å². The van der Waals surface area contributed by atoms with Crippen molar-refractivity contribution in [2.75, 3.05) is 13.9 Å².